The summed E-state index contributed by atoms with van der Waals surface area (Å²) in [5.41, 5.74) is 5.90. The molecule has 0 spiro atoms. The maximum absolute atomic E-state index is 12.1. The zero-order valence-corrected chi connectivity index (χ0v) is 10.8. The number of aromatic nitrogens is 1. The molecule has 0 saturated carbocycles. The van der Waals surface area contributed by atoms with Gasteiger partial charge in [-0.3, -0.25) is 14.4 Å². The molecule has 1 saturated heterocycles. The number of rotatable bonds is 3. The van der Waals surface area contributed by atoms with Crippen molar-refractivity contribution in [3.63, 3.8) is 0 Å². The molecule has 6 nitrogen and oxygen atoms in total. The minimum atomic E-state index is -0.534. The standard InChI is InChI=1S/C13H17N3O3/c1-9-4-6-15(11(17)7-9)8-12(18)16-5-2-3-10(16)13(14)19/h4,6-7,10H,2-3,5,8H2,1H3,(H2,14,19)/t10-/m0/s1. The van der Waals surface area contributed by atoms with Gasteiger partial charge in [-0.25, -0.2) is 0 Å². The maximum atomic E-state index is 12.1. The number of amides is 2. The molecule has 1 atom stereocenters. The van der Waals surface area contributed by atoms with Gasteiger partial charge in [0.2, 0.25) is 11.8 Å². The first-order chi connectivity index (χ1) is 8.99. The summed E-state index contributed by atoms with van der Waals surface area (Å²) in [6.07, 6.45) is 2.96. The highest BCUT2D eigenvalue weighted by Crippen LogP contribution is 2.17. The van der Waals surface area contributed by atoms with Crippen LogP contribution in [0.3, 0.4) is 0 Å². The molecule has 1 fully saturated rings. The van der Waals surface area contributed by atoms with Crippen LogP contribution in [0.25, 0.3) is 0 Å². The van der Waals surface area contributed by atoms with Crippen molar-refractivity contribution in [2.24, 2.45) is 5.73 Å². The van der Waals surface area contributed by atoms with Crippen molar-refractivity contribution >= 4 is 11.8 Å². The molecule has 2 amide bonds. The number of hydrogen-bond donors (Lipinski definition) is 1. The van der Waals surface area contributed by atoms with Gasteiger partial charge in [0, 0.05) is 18.8 Å². The van der Waals surface area contributed by atoms with Crippen LogP contribution in [0.2, 0.25) is 0 Å². The average Bonchev–Trinajstić information content (AvgIpc) is 2.82. The molecule has 1 aromatic heterocycles. The van der Waals surface area contributed by atoms with E-state index in [1.165, 1.54) is 15.5 Å². The molecule has 2 rings (SSSR count). The molecule has 6 heteroatoms. The van der Waals surface area contributed by atoms with E-state index in [-0.39, 0.29) is 18.0 Å². The van der Waals surface area contributed by atoms with Crippen LogP contribution in [0.5, 0.6) is 0 Å². The number of nitrogens with two attached hydrogens (primary N) is 1. The molecule has 0 aromatic carbocycles. The largest absolute Gasteiger partial charge is 0.368 e. The second kappa shape index (κ2) is 5.26. The maximum Gasteiger partial charge on any atom is 0.251 e. The molecule has 0 bridgehead atoms. The van der Waals surface area contributed by atoms with Gasteiger partial charge in [0.05, 0.1) is 0 Å². The van der Waals surface area contributed by atoms with Crippen LogP contribution in [-0.2, 0) is 16.1 Å². The monoisotopic (exact) mass is 263 g/mol. The normalized spacial score (nSPS) is 18.6. The summed E-state index contributed by atoms with van der Waals surface area (Å²) in [5.74, 6) is -0.727. The number of pyridine rings is 1. The summed E-state index contributed by atoms with van der Waals surface area (Å²) in [4.78, 5) is 36.5. The quantitative estimate of drug-likeness (QED) is 0.807. The van der Waals surface area contributed by atoms with Crippen LogP contribution >= 0.6 is 0 Å². The number of nitrogens with zero attached hydrogens (tertiary/aromatic N) is 2. The van der Waals surface area contributed by atoms with Gasteiger partial charge in [0.15, 0.2) is 0 Å². The van der Waals surface area contributed by atoms with E-state index in [9.17, 15) is 14.4 Å². The number of carbonyl (C=O) groups excluding carboxylic acids is 2. The van der Waals surface area contributed by atoms with Gasteiger partial charge in [-0.05, 0) is 31.4 Å². The van der Waals surface area contributed by atoms with E-state index >= 15 is 0 Å². The fourth-order valence-electron chi connectivity index (χ4n) is 2.33. The lowest BCUT2D eigenvalue weighted by molar-refractivity contribution is -0.137. The fraction of sp³-hybridized carbons (Fsp3) is 0.462. The predicted octanol–water partition coefficient (Wildman–Crippen LogP) is -0.367. The summed E-state index contributed by atoms with van der Waals surface area (Å²) in [5, 5.41) is 0. The van der Waals surface area contributed by atoms with Crippen molar-refractivity contribution < 1.29 is 9.59 Å². The van der Waals surface area contributed by atoms with E-state index in [0.29, 0.717) is 13.0 Å². The van der Waals surface area contributed by atoms with Crippen molar-refractivity contribution in [2.75, 3.05) is 6.54 Å². The molecule has 2 N–H and O–H groups in total. The van der Waals surface area contributed by atoms with E-state index in [1.54, 1.807) is 12.3 Å². The van der Waals surface area contributed by atoms with Gasteiger partial charge >= 0.3 is 0 Å². The Morgan fingerprint density at radius 2 is 2.21 bits per heavy atom. The molecule has 0 unspecified atom stereocenters. The van der Waals surface area contributed by atoms with Crippen molar-refractivity contribution in [3.8, 4) is 0 Å². The van der Waals surface area contributed by atoms with Gasteiger partial charge < -0.3 is 15.2 Å². The summed E-state index contributed by atoms with van der Waals surface area (Å²) in [6, 6.07) is 2.71. The van der Waals surface area contributed by atoms with Crippen LogP contribution in [-0.4, -0.2) is 33.9 Å². The third-order valence-electron chi connectivity index (χ3n) is 3.36. The van der Waals surface area contributed by atoms with E-state index in [2.05, 4.69) is 0 Å². The van der Waals surface area contributed by atoms with Crippen molar-refractivity contribution in [1.29, 1.82) is 0 Å². The van der Waals surface area contributed by atoms with E-state index in [1.807, 2.05) is 6.92 Å². The molecule has 0 radical (unpaired) electrons. The van der Waals surface area contributed by atoms with Crippen molar-refractivity contribution in [1.82, 2.24) is 9.47 Å². The van der Waals surface area contributed by atoms with Gasteiger partial charge in [-0.15, -0.1) is 0 Å². The topological polar surface area (TPSA) is 85.4 Å². The van der Waals surface area contributed by atoms with Crippen LogP contribution in [0.15, 0.2) is 23.1 Å². The highest BCUT2D eigenvalue weighted by molar-refractivity contribution is 5.87. The van der Waals surface area contributed by atoms with Crippen molar-refractivity contribution in [2.45, 2.75) is 32.4 Å². The molecule has 19 heavy (non-hydrogen) atoms. The second-order valence-electron chi connectivity index (χ2n) is 4.82. The smallest absolute Gasteiger partial charge is 0.251 e. The van der Waals surface area contributed by atoms with Crippen LogP contribution in [0.1, 0.15) is 18.4 Å². The molecule has 2 heterocycles. The Morgan fingerprint density at radius 3 is 2.84 bits per heavy atom. The zero-order valence-electron chi connectivity index (χ0n) is 10.8. The summed E-state index contributed by atoms with van der Waals surface area (Å²) in [6.45, 7) is 2.28. The van der Waals surface area contributed by atoms with Gasteiger partial charge in [0.25, 0.3) is 5.56 Å². The number of hydrogen-bond acceptors (Lipinski definition) is 3. The third-order valence-corrected chi connectivity index (χ3v) is 3.36. The predicted molar refractivity (Wildman–Crippen MR) is 69.4 cm³/mol. The van der Waals surface area contributed by atoms with Crippen molar-refractivity contribution in [3.05, 3.63) is 34.2 Å². The molecule has 1 aliphatic heterocycles. The molecule has 1 aromatic rings. The third kappa shape index (κ3) is 2.83. The average molecular weight is 263 g/mol. The fourth-order valence-corrected chi connectivity index (χ4v) is 2.33. The number of likely N-dealkylation sites (tertiary alicyclic amines) is 1. The highest BCUT2D eigenvalue weighted by Gasteiger charge is 2.32. The van der Waals surface area contributed by atoms with E-state index in [0.717, 1.165) is 12.0 Å². The van der Waals surface area contributed by atoms with Gasteiger partial charge in [0.1, 0.15) is 12.6 Å². The van der Waals surface area contributed by atoms with E-state index in [4.69, 9.17) is 5.73 Å². The van der Waals surface area contributed by atoms with Crippen LogP contribution in [0.4, 0.5) is 0 Å². The van der Waals surface area contributed by atoms with Gasteiger partial charge in [-0.2, -0.15) is 0 Å². The first-order valence-corrected chi connectivity index (χ1v) is 6.25. The zero-order chi connectivity index (χ0) is 14.0. The summed E-state index contributed by atoms with van der Waals surface area (Å²) < 4.78 is 1.34. The Bertz CT molecular complexity index is 564. The molecular weight excluding hydrogens is 246 g/mol. The van der Waals surface area contributed by atoms with Crippen LogP contribution in [0, 0.1) is 6.92 Å². The Balaban J connectivity index is 2.13. The number of aryl methyl sites for hydroxylation is 1. The molecule has 0 aliphatic carbocycles. The SMILES string of the molecule is Cc1ccn(CC(=O)N2CCC[C@H]2C(N)=O)c(=O)c1. The second-order valence-corrected chi connectivity index (χ2v) is 4.82. The minimum Gasteiger partial charge on any atom is -0.368 e. The highest BCUT2D eigenvalue weighted by atomic mass is 16.2. The lowest BCUT2D eigenvalue weighted by Gasteiger charge is -2.22. The Kier molecular flexibility index (Phi) is 3.69. The Morgan fingerprint density at radius 1 is 1.47 bits per heavy atom. The molecule has 102 valence electrons. The Labute approximate surface area is 110 Å². The first kappa shape index (κ1) is 13.3. The van der Waals surface area contributed by atoms with Gasteiger partial charge in [-0.1, -0.05) is 0 Å². The lowest BCUT2D eigenvalue weighted by atomic mass is 10.2. The summed E-state index contributed by atoms with van der Waals surface area (Å²) >= 11 is 0. The number of carbonyl (C=O) groups is 2. The first-order valence-electron chi connectivity index (χ1n) is 6.25. The molecular formula is C13H17N3O3. The number of primary amides is 1. The van der Waals surface area contributed by atoms with E-state index < -0.39 is 11.9 Å². The molecule has 1 aliphatic rings. The lowest BCUT2D eigenvalue weighted by Crippen LogP contribution is -2.45. The minimum absolute atomic E-state index is 0.0527. The van der Waals surface area contributed by atoms with Crippen LogP contribution < -0.4 is 11.3 Å². The Hall–Kier alpha value is -2.11. The summed E-state index contributed by atoms with van der Waals surface area (Å²) in [7, 11) is 0.